The Labute approximate surface area is 149 Å². The van der Waals surface area contributed by atoms with Gasteiger partial charge in [-0.25, -0.2) is 4.79 Å². The minimum absolute atomic E-state index is 0.237. The number of ether oxygens (including phenoxy) is 2. The summed E-state index contributed by atoms with van der Waals surface area (Å²) in [7, 11) is 0. The molecule has 0 aromatic heterocycles. The van der Waals surface area contributed by atoms with E-state index in [4.69, 9.17) is 21.1 Å². The van der Waals surface area contributed by atoms with Crippen molar-refractivity contribution in [2.45, 2.75) is 6.92 Å². The second kappa shape index (κ2) is 7.36. The zero-order valence-electron chi connectivity index (χ0n) is 13.5. The van der Waals surface area contributed by atoms with Crippen molar-refractivity contribution in [3.05, 3.63) is 71.8 Å². The van der Waals surface area contributed by atoms with E-state index >= 15 is 0 Å². The average Bonchev–Trinajstić information content (AvgIpc) is 2.62. The molecule has 0 saturated carbocycles. The van der Waals surface area contributed by atoms with Crippen LogP contribution in [0.3, 0.4) is 0 Å². The van der Waals surface area contributed by atoms with Crippen LogP contribution in [0.4, 0.5) is 0 Å². The summed E-state index contributed by atoms with van der Waals surface area (Å²) in [5, 5.41) is 1.15. The normalized spacial score (nSPS) is 10.5. The molecule has 0 saturated heterocycles. The summed E-state index contributed by atoms with van der Waals surface area (Å²) < 4.78 is 11.0. The maximum Gasteiger partial charge on any atom is 0.344 e. The molecule has 25 heavy (non-hydrogen) atoms. The summed E-state index contributed by atoms with van der Waals surface area (Å²) in [6.45, 7) is 2.16. The predicted octanol–water partition coefficient (Wildman–Crippen LogP) is 4.84. The lowest BCUT2D eigenvalue weighted by molar-refractivity contribution is 0.0730. The summed E-state index contributed by atoms with van der Waals surface area (Å²) in [5.74, 6) is 0.0340. The molecule has 4 nitrogen and oxygen atoms in total. The Bertz CT molecular complexity index is 944. The van der Waals surface area contributed by atoms with E-state index in [9.17, 15) is 9.59 Å². The number of fused-ring (bicyclic) bond motifs is 1. The third-order valence-corrected chi connectivity index (χ3v) is 3.90. The monoisotopic (exact) mass is 354 g/mol. The lowest BCUT2D eigenvalue weighted by atomic mass is 10.0. The molecule has 0 aliphatic heterocycles. The molecule has 0 spiro atoms. The van der Waals surface area contributed by atoms with Gasteiger partial charge in [-0.2, -0.15) is 0 Å². The lowest BCUT2D eigenvalue weighted by Crippen LogP contribution is -2.10. The zero-order valence-corrected chi connectivity index (χ0v) is 14.2. The highest BCUT2D eigenvalue weighted by molar-refractivity contribution is 6.67. The molecule has 3 aromatic rings. The first-order valence-electron chi connectivity index (χ1n) is 7.76. The molecule has 126 valence electrons. The maximum atomic E-state index is 12.6. The smallest absolute Gasteiger partial charge is 0.344 e. The number of rotatable bonds is 5. The Morgan fingerprint density at radius 3 is 2.48 bits per heavy atom. The largest absolute Gasteiger partial charge is 0.490 e. The van der Waals surface area contributed by atoms with Gasteiger partial charge in [0.25, 0.3) is 5.24 Å². The van der Waals surface area contributed by atoms with E-state index in [-0.39, 0.29) is 11.3 Å². The Kier molecular flexibility index (Phi) is 5.00. The van der Waals surface area contributed by atoms with Gasteiger partial charge in [-0.3, -0.25) is 4.79 Å². The molecule has 0 N–H and O–H groups in total. The van der Waals surface area contributed by atoms with Crippen LogP contribution in [0.2, 0.25) is 0 Å². The topological polar surface area (TPSA) is 52.6 Å². The quantitative estimate of drug-likeness (QED) is 0.374. The van der Waals surface area contributed by atoms with Gasteiger partial charge in [0.05, 0.1) is 12.2 Å². The van der Waals surface area contributed by atoms with Gasteiger partial charge >= 0.3 is 5.97 Å². The molecule has 0 heterocycles. The fraction of sp³-hybridized carbons (Fsp3) is 0.100. The minimum Gasteiger partial charge on any atom is -0.490 e. The first kappa shape index (κ1) is 17.0. The van der Waals surface area contributed by atoms with Crippen LogP contribution in [-0.2, 0) is 0 Å². The van der Waals surface area contributed by atoms with Crippen LogP contribution in [0, 0.1) is 0 Å². The average molecular weight is 355 g/mol. The van der Waals surface area contributed by atoms with E-state index in [0.29, 0.717) is 17.9 Å². The fourth-order valence-corrected chi connectivity index (χ4v) is 2.66. The third kappa shape index (κ3) is 3.64. The van der Waals surface area contributed by atoms with E-state index < -0.39 is 11.2 Å². The van der Waals surface area contributed by atoms with Gasteiger partial charge < -0.3 is 9.47 Å². The van der Waals surface area contributed by atoms with Crippen LogP contribution < -0.4 is 9.47 Å². The predicted molar refractivity (Wildman–Crippen MR) is 96.7 cm³/mol. The van der Waals surface area contributed by atoms with Gasteiger partial charge in [0, 0.05) is 5.56 Å². The second-order valence-electron chi connectivity index (χ2n) is 5.28. The van der Waals surface area contributed by atoms with Gasteiger partial charge in [-0.1, -0.05) is 36.4 Å². The van der Waals surface area contributed by atoms with Gasteiger partial charge in [0.15, 0.2) is 11.5 Å². The van der Waals surface area contributed by atoms with E-state index in [1.807, 2.05) is 30.3 Å². The molecule has 3 rings (SSSR count). The Morgan fingerprint density at radius 1 is 0.960 bits per heavy atom. The highest BCUT2D eigenvalue weighted by Gasteiger charge is 2.16. The standard InChI is InChI=1S/C20H15ClO4/c1-2-24-18-12-14(19(21)22)10-11-17(18)25-20(23)16-9-5-7-13-6-3-4-8-15(13)16/h3-12H,2H2,1H3. The van der Waals surface area contributed by atoms with Crippen molar-refractivity contribution in [2.75, 3.05) is 6.61 Å². The molecule has 0 amide bonds. The summed E-state index contributed by atoms with van der Waals surface area (Å²) >= 11 is 5.49. The van der Waals surface area contributed by atoms with Crippen molar-refractivity contribution in [3.63, 3.8) is 0 Å². The first-order chi connectivity index (χ1) is 12.1. The minimum atomic E-state index is -0.604. The second-order valence-corrected chi connectivity index (χ2v) is 5.63. The van der Waals surface area contributed by atoms with Gasteiger partial charge in [-0.15, -0.1) is 0 Å². The van der Waals surface area contributed by atoms with Gasteiger partial charge in [0.2, 0.25) is 0 Å². The summed E-state index contributed by atoms with van der Waals surface area (Å²) in [5.41, 5.74) is 0.730. The van der Waals surface area contributed by atoms with Crippen LogP contribution >= 0.6 is 11.6 Å². The number of hydrogen-bond donors (Lipinski definition) is 0. The van der Waals surface area contributed by atoms with Gasteiger partial charge in [0.1, 0.15) is 0 Å². The summed E-state index contributed by atoms with van der Waals surface area (Å²) in [6.07, 6.45) is 0. The number of hydrogen-bond acceptors (Lipinski definition) is 4. The first-order valence-corrected chi connectivity index (χ1v) is 8.14. The van der Waals surface area contributed by atoms with Crippen molar-refractivity contribution < 1.29 is 19.1 Å². The van der Waals surface area contributed by atoms with Crippen molar-refractivity contribution in [1.29, 1.82) is 0 Å². The number of carbonyl (C=O) groups excluding carboxylic acids is 2. The van der Waals surface area contributed by atoms with Crippen LogP contribution in [0.1, 0.15) is 27.6 Å². The fourth-order valence-electron chi connectivity index (χ4n) is 2.54. The van der Waals surface area contributed by atoms with Gasteiger partial charge in [-0.05, 0) is 53.6 Å². The molecule has 0 atom stereocenters. The summed E-state index contributed by atoms with van der Waals surface area (Å²) in [4.78, 5) is 23.9. The van der Waals surface area contributed by atoms with E-state index in [1.54, 1.807) is 19.1 Å². The Morgan fingerprint density at radius 2 is 1.72 bits per heavy atom. The number of esters is 1. The molecule has 0 aliphatic carbocycles. The Balaban J connectivity index is 1.96. The lowest BCUT2D eigenvalue weighted by Gasteiger charge is -2.12. The van der Waals surface area contributed by atoms with E-state index in [2.05, 4.69) is 0 Å². The van der Waals surface area contributed by atoms with Crippen LogP contribution in [0.15, 0.2) is 60.7 Å². The van der Waals surface area contributed by atoms with Crippen LogP contribution in [0.25, 0.3) is 10.8 Å². The van der Waals surface area contributed by atoms with Crippen LogP contribution in [-0.4, -0.2) is 17.8 Å². The SMILES string of the molecule is CCOc1cc(C(=O)Cl)ccc1OC(=O)c1cccc2ccccc12. The van der Waals surface area contributed by atoms with Crippen LogP contribution in [0.5, 0.6) is 11.5 Å². The molecule has 0 fully saturated rings. The molecule has 5 heteroatoms. The van der Waals surface area contributed by atoms with Crippen molar-refractivity contribution in [1.82, 2.24) is 0 Å². The van der Waals surface area contributed by atoms with Crippen molar-refractivity contribution in [3.8, 4) is 11.5 Å². The highest BCUT2D eigenvalue weighted by Crippen LogP contribution is 2.30. The Hall–Kier alpha value is -2.85. The van der Waals surface area contributed by atoms with Crippen molar-refractivity contribution >= 4 is 33.6 Å². The highest BCUT2D eigenvalue weighted by atomic mass is 35.5. The molecule has 0 aliphatic rings. The molecular weight excluding hydrogens is 340 g/mol. The molecule has 0 bridgehead atoms. The molecule has 3 aromatic carbocycles. The number of halogens is 1. The molecule has 0 unspecified atom stereocenters. The number of benzene rings is 3. The zero-order chi connectivity index (χ0) is 17.8. The third-order valence-electron chi connectivity index (χ3n) is 3.68. The van der Waals surface area contributed by atoms with Crippen molar-refractivity contribution in [2.24, 2.45) is 0 Å². The van der Waals surface area contributed by atoms with E-state index in [1.165, 1.54) is 18.2 Å². The molecular formula is C20H15ClO4. The summed E-state index contributed by atoms with van der Waals surface area (Å²) in [6, 6.07) is 17.5. The molecule has 0 radical (unpaired) electrons. The van der Waals surface area contributed by atoms with E-state index in [0.717, 1.165) is 10.8 Å². The number of carbonyl (C=O) groups is 2. The maximum absolute atomic E-state index is 12.6.